The minimum atomic E-state index is 0.276. The quantitative estimate of drug-likeness (QED) is 0.471. The Morgan fingerprint density at radius 2 is 1.82 bits per heavy atom. The number of carbonyl (C=O) groups is 1. The first-order valence-electron chi connectivity index (χ1n) is 13.2. The van der Waals surface area contributed by atoms with Crippen LogP contribution in [-0.2, 0) is 28.9 Å². The molecule has 0 saturated carbocycles. The number of ether oxygens (including phenoxy) is 1. The van der Waals surface area contributed by atoms with Crippen LogP contribution in [-0.4, -0.2) is 53.6 Å². The molecule has 0 N–H and O–H groups in total. The molecule has 6 nitrogen and oxygen atoms in total. The minimum absolute atomic E-state index is 0.276. The van der Waals surface area contributed by atoms with Gasteiger partial charge in [-0.25, -0.2) is 9.97 Å². The second-order valence-electron chi connectivity index (χ2n) is 9.74. The lowest BCUT2D eigenvalue weighted by Gasteiger charge is -2.34. The topological polar surface area (TPSA) is 58.6 Å². The van der Waals surface area contributed by atoms with Gasteiger partial charge in [0.1, 0.15) is 11.6 Å². The van der Waals surface area contributed by atoms with Gasteiger partial charge in [0.05, 0.1) is 25.5 Å². The van der Waals surface area contributed by atoms with Crippen LogP contribution in [0.15, 0.2) is 24.3 Å². The Morgan fingerprint density at radius 1 is 1.03 bits per heavy atom. The third-order valence-electron chi connectivity index (χ3n) is 6.94. The van der Waals surface area contributed by atoms with Crippen molar-refractivity contribution >= 4 is 11.7 Å². The molecule has 3 heterocycles. The molecule has 0 aliphatic carbocycles. The number of hydrogen-bond donors (Lipinski definition) is 0. The summed E-state index contributed by atoms with van der Waals surface area (Å²) in [5, 5.41) is 0. The van der Waals surface area contributed by atoms with Crippen LogP contribution in [0.5, 0.6) is 0 Å². The van der Waals surface area contributed by atoms with Gasteiger partial charge >= 0.3 is 0 Å². The molecule has 2 aliphatic heterocycles. The third-order valence-corrected chi connectivity index (χ3v) is 6.94. The highest BCUT2D eigenvalue weighted by Crippen LogP contribution is 2.28. The predicted octanol–water partition coefficient (Wildman–Crippen LogP) is 4.85. The van der Waals surface area contributed by atoms with Crippen molar-refractivity contribution in [1.82, 2.24) is 14.9 Å². The molecule has 0 bridgehead atoms. The molecule has 1 aromatic carbocycles. The van der Waals surface area contributed by atoms with E-state index in [1.54, 1.807) is 0 Å². The van der Waals surface area contributed by atoms with Gasteiger partial charge in [-0.3, -0.25) is 4.79 Å². The van der Waals surface area contributed by atoms with Gasteiger partial charge in [0.2, 0.25) is 5.91 Å². The number of morpholine rings is 1. The largest absolute Gasteiger partial charge is 0.378 e. The van der Waals surface area contributed by atoms with Crippen molar-refractivity contribution in [2.45, 2.75) is 78.2 Å². The Bertz CT molecular complexity index is 955. The van der Waals surface area contributed by atoms with Gasteiger partial charge in [-0.1, -0.05) is 68.9 Å². The van der Waals surface area contributed by atoms with E-state index in [9.17, 15) is 4.79 Å². The molecule has 2 aromatic rings. The van der Waals surface area contributed by atoms with Crippen molar-refractivity contribution in [1.29, 1.82) is 0 Å². The number of carbonyl (C=O) groups excluding carboxylic acids is 1. The van der Waals surface area contributed by atoms with Crippen molar-refractivity contribution in [2.24, 2.45) is 0 Å². The first-order chi connectivity index (χ1) is 16.6. The summed E-state index contributed by atoms with van der Waals surface area (Å²) in [7, 11) is 0. The van der Waals surface area contributed by atoms with E-state index in [2.05, 4.69) is 43.0 Å². The molecule has 1 aromatic heterocycles. The Morgan fingerprint density at radius 3 is 2.62 bits per heavy atom. The normalized spacial score (nSPS) is 15.9. The van der Waals surface area contributed by atoms with Crippen molar-refractivity contribution in [3.63, 3.8) is 0 Å². The second-order valence-corrected chi connectivity index (χ2v) is 9.74. The zero-order valence-electron chi connectivity index (χ0n) is 21.0. The number of amides is 1. The molecule has 34 heavy (non-hydrogen) atoms. The van der Waals surface area contributed by atoms with Gasteiger partial charge in [0.25, 0.3) is 0 Å². The van der Waals surface area contributed by atoms with Crippen molar-refractivity contribution in [3.05, 3.63) is 52.5 Å². The second kappa shape index (κ2) is 12.3. The van der Waals surface area contributed by atoms with Crippen LogP contribution in [0.4, 0.5) is 5.82 Å². The summed E-state index contributed by atoms with van der Waals surface area (Å²) in [5.74, 6) is 2.16. The summed E-state index contributed by atoms with van der Waals surface area (Å²) < 4.78 is 5.59. The lowest BCUT2D eigenvalue weighted by molar-refractivity contribution is -0.132. The van der Waals surface area contributed by atoms with Gasteiger partial charge in [-0.2, -0.15) is 0 Å². The maximum Gasteiger partial charge on any atom is 0.222 e. The number of benzene rings is 1. The van der Waals surface area contributed by atoms with E-state index in [0.717, 1.165) is 68.2 Å². The highest BCUT2D eigenvalue weighted by molar-refractivity contribution is 5.76. The third kappa shape index (κ3) is 6.56. The van der Waals surface area contributed by atoms with Crippen LogP contribution in [0.1, 0.15) is 80.1 Å². The van der Waals surface area contributed by atoms with E-state index in [1.165, 1.54) is 36.8 Å². The van der Waals surface area contributed by atoms with Crippen molar-refractivity contribution in [2.75, 3.05) is 37.7 Å². The fourth-order valence-electron chi connectivity index (χ4n) is 4.99. The summed E-state index contributed by atoms with van der Waals surface area (Å²) in [6, 6.07) is 8.57. The van der Waals surface area contributed by atoms with E-state index in [4.69, 9.17) is 14.7 Å². The molecule has 1 amide bonds. The van der Waals surface area contributed by atoms with Crippen molar-refractivity contribution < 1.29 is 9.53 Å². The molecule has 4 rings (SSSR count). The Balaban J connectivity index is 1.48. The maximum atomic E-state index is 13.0. The van der Waals surface area contributed by atoms with E-state index in [-0.39, 0.29) is 5.91 Å². The molecular weight excluding hydrogens is 424 g/mol. The molecule has 6 heteroatoms. The lowest BCUT2D eigenvalue weighted by atomic mass is 10.0. The van der Waals surface area contributed by atoms with Gasteiger partial charge in [-0.05, 0) is 18.9 Å². The molecule has 2 aliphatic rings. The monoisotopic (exact) mass is 464 g/mol. The number of hydrogen-bond acceptors (Lipinski definition) is 5. The summed E-state index contributed by atoms with van der Waals surface area (Å²) >= 11 is 0. The first-order valence-corrected chi connectivity index (χ1v) is 13.2. The van der Waals surface area contributed by atoms with Gasteiger partial charge in [0, 0.05) is 44.5 Å². The zero-order valence-corrected chi connectivity index (χ0v) is 21.0. The van der Waals surface area contributed by atoms with E-state index in [1.807, 2.05) is 4.90 Å². The molecule has 0 spiro atoms. The average Bonchev–Trinajstić information content (AvgIpc) is 2.86. The number of fused-ring (bicyclic) bond motifs is 1. The number of anilines is 1. The summed E-state index contributed by atoms with van der Waals surface area (Å²) in [6.45, 7) is 8.83. The highest BCUT2D eigenvalue weighted by atomic mass is 16.5. The van der Waals surface area contributed by atoms with Crippen LogP contribution < -0.4 is 4.90 Å². The fourth-order valence-corrected chi connectivity index (χ4v) is 4.99. The Labute approximate surface area is 204 Å². The maximum absolute atomic E-state index is 13.0. The molecular formula is C28H40N4O2. The molecule has 0 unspecified atom stereocenters. The highest BCUT2D eigenvalue weighted by Gasteiger charge is 2.28. The average molecular weight is 465 g/mol. The van der Waals surface area contributed by atoms with Gasteiger partial charge in [0.15, 0.2) is 0 Å². The lowest BCUT2D eigenvalue weighted by Crippen LogP contribution is -2.41. The number of rotatable bonds is 10. The number of aromatic nitrogens is 2. The Hall–Kier alpha value is -2.47. The van der Waals surface area contributed by atoms with Crippen LogP contribution in [0.25, 0.3) is 0 Å². The van der Waals surface area contributed by atoms with Gasteiger partial charge in [-0.15, -0.1) is 0 Å². The Kier molecular flexibility index (Phi) is 8.91. The number of aryl methyl sites for hydroxylation is 1. The summed E-state index contributed by atoms with van der Waals surface area (Å²) in [5.41, 5.74) is 4.74. The predicted molar refractivity (Wildman–Crippen MR) is 136 cm³/mol. The minimum Gasteiger partial charge on any atom is -0.378 e. The standard InChI is InChI=1S/C28H40N4O2/c1-3-4-5-6-7-8-12-27(33)32-14-13-25-24(21-32)28(31-15-17-34-18-16-31)30-26(29-25)20-23-11-9-10-22(2)19-23/h9-11,19H,3-8,12-18,20-21H2,1-2H3. The molecule has 1 saturated heterocycles. The van der Waals surface area contributed by atoms with Crippen LogP contribution in [0.3, 0.4) is 0 Å². The molecule has 0 atom stereocenters. The SMILES string of the molecule is CCCCCCCCC(=O)N1CCc2nc(Cc3cccc(C)c3)nc(N3CCOCC3)c2C1. The van der Waals surface area contributed by atoms with E-state index < -0.39 is 0 Å². The fraction of sp³-hybridized carbons (Fsp3) is 0.607. The van der Waals surface area contributed by atoms with Crippen molar-refractivity contribution in [3.8, 4) is 0 Å². The molecule has 1 fully saturated rings. The number of nitrogens with zero attached hydrogens (tertiary/aromatic N) is 4. The molecule has 184 valence electrons. The van der Waals surface area contributed by atoms with E-state index >= 15 is 0 Å². The van der Waals surface area contributed by atoms with E-state index in [0.29, 0.717) is 26.2 Å². The van der Waals surface area contributed by atoms with Crippen LogP contribution in [0.2, 0.25) is 0 Å². The zero-order chi connectivity index (χ0) is 23.8. The van der Waals surface area contributed by atoms with Crippen LogP contribution >= 0.6 is 0 Å². The smallest absolute Gasteiger partial charge is 0.222 e. The van der Waals surface area contributed by atoms with Crippen LogP contribution in [0, 0.1) is 6.92 Å². The first kappa shape index (κ1) is 24.6. The summed E-state index contributed by atoms with van der Waals surface area (Å²) in [4.78, 5) is 27.4. The molecule has 0 radical (unpaired) electrons. The summed E-state index contributed by atoms with van der Waals surface area (Å²) in [6.07, 6.45) is 9.41. The number of unbranched alkanes of at least 4 members (excludes halogenated alkanes) is 5. The van der Waals surface area contributed by atoms with Gasteiger partial charge < -0.3 is 14.5 Å².